The summed E-state index contributed by atoms with van der Waals surface area (Å²) in [6.07, 6.45) is 1.70. The van der Waals surface area contributed by atoms with Crippen molar-refractivity contribution >= 4 is 41.4 Å². The summed E-state index contributed by atoms with van der Waals surface area (Å²) in [5, 5.41) is 49.4. The first-order chi connectivity index (χ1) is 19.7. The smallest absolute Gasteiger partial charge is 0.317 e. The van der Waals surface area contributed by atoms with Gasteiger partial charge in [-0.3, -0.25) is 43.5 Å². The predicted molar refractivity (Wildman–Crippen MR) is 149 cm³/mol. The number of benzene rings is 1. The van der Waals surface area contributed by atoms with Gasteiger partial charge in [0, 0.05) is 37.3 Å². The van der Waals surface area contributed by atoms with Crippen LogP contribution in [-0.4, -0.2) is 134 Å². The molecule has 0 aliphatic rings. The summed E-state index contributed by atoms with van der Waals surface area (Å²) in [4.78, 5) is 73.1. The molecule has 1 amide bonds. The second-order valence-electron chi connectivity index (χ2n) is 10.1. The fourth-order valence-electron chi connectivity index (χ4n) is 4.40. The lowest BCUT2D eigenvalue weighted by molar-refractivity contribution is -0.144. The van der Waals surface area contributed by atoms with Crippen molar-refractivity contribution in [3.8, 4) is 0 Å². The Balaban J connectivity index is 3.23. The summed E-state index contributed by atoms with van der Waals surface area (Å²) in [6, 6.07) is 5.89. The van der Waals surface area contributed by atoms with Gasteiger partial charge in [-0.2, -0.15) is 0 Å². The average Bonchev–Trinajstić information content (AvgIpc) is 2.86. The number of carbonyl (C=O) groups is 6. The largest absolute Gasteiger partial charge is 0.480 e. The highest BCUT2D eigenvalue weighted by Gasteiger charge is 2.27. The van der Waals surface area contributed by atoms with Crippen LogP contribution in [0.5, 0.6) is 0 Å². The molecule has 0 radical (unpaired) electrons. The lowest BCUT2D eigenvalue weighted by Gasteiger charge is -2.34. The number of carbonyl (C=O) groups excluding carboxylic acids is 1. The van der Waals surface area contributed by atoms with E-state index in [0.717, 1.165) is 17.7 Å². The quantitative estimate of drug-likeness (QED) is 0.106. The number of nitrogens with zero attached hydrogens (tertiary/aromatic N) is 3. The molecule has 234 valence electrons. The molecule has 1 aromatic carbocycles. The number of aliphatic carboxylic acids is 5. The summed E-state index contributed by atoms with van der Waals surface area (Å²) in [5.41, 5.74) is 1.20. The van der Waals surface area contributed by atoms with Gasteiger partial charge in [0.2, 0.25) is 5.91 Å². The van der Waals surface area contributed by atoms with Crippen LogP contribution in [0, 0.1) is 5.92 Å². The van der Waals surface area contributed by atoms with Crippen LogP contribution in [0.2, 0.25) is 0 Å². The standard InChI is InChI=1S/C27H40N4O11/c1-3-4-18(2)27(42)28-20-7-5-19(6-8-20)11-21(31(16-25(38)39)17-26(40)41)12-29(13-22(32)33)9-10-30(14-23(34)35)15-24(36)37/h5-8,18,21H,3-4,9-17H2,1-2H3,(H,28,42)(H,32,33)(H,34,35)(H,36,37)(H,38,39)(H,40,41). The highest BCUT2D eigenvalue weighted by molar-refractivity contribution is 5.92. The number of nitrogens with one attached hydrogen (secondary N) is 1. The van der Waals surface area contributed by atoms with Crippen LogP contribution in [0.15, 0.2) is 24.3 Å². The van der Waals surface area contributed by atoms with E-state index in [2.05, 4.69) is 5.32 Å². The molecular formula is C27H40N4O11. The van der Waals surface area contributed by atoms with E-state index in [1.165, 1.54) is 9.80 Å². The van der Waals surface area contributed by atoms with Crippen molar-refractivity contribution < 1.29 is 54.3 Å². The Labute approximate surface area is 243 Å². The Bertz CT molecular complexity index is 1050. The van der Waals surface area contributed by atoms with Gasteiger partial charge in [-0.25, -0.2) is 0 Å². The van der Waals surface area contributed by atoms with Gasteiger partial charge in [0.05, 0.1) is 32.7 Å². The normalized spacial score (nSPS) is 12.7. The molecule has 0 fully saturated rings. The van der Waals surface area contributed by atoms with Gasteiger partial charge in [-0.1, -0.05) is 32.4 Å². The number of hydrogen-bond donors (Lipinski definition) is 6. The molecule has 0 heterocycles. The Morgan fingerprint density at radius 3 is 1.62 bits per heavy atom. The van der Waals surface area contributed by atoms with Gasteiger partial charge < -0.3 is 30.8 Å². The van der Waals surface area contributed by atoms with E-state index in [1.807, 2.05) is 13.8 Å². The monoisotopic (exact) mass is 596 g/mol. The van der Waals surface area contributed by atoms with E-state index < -0.39 is 68.6 Å². The maximum atomic E-state index is 12.3. The van der Waals surface area contributed by atoms with Crippen LogP contribution < -0.4 is 5.32 Å². The molecule has 6 N–H and O–H groups in total. The van der Waals surface area contributed by atoms with E-state index >= 15 is 0 Å². The topological polar surface area (TPSA) is 225 Å². The lowest BCUT2D eigenvalue weighted by atomic mass is 10.0. The van der Waals surface area contributed by atoms with E-state index in [-0.39, 0.29) is 37.9 Å². The second kappa shape index (κ2) is 18.4. The number of hydrogen-bond acceptors (Lipinski definition) is 9. The number of carboxylic acids is 5. The Morgan fingerprint density at radius 2 is 1.17 bits per heavy atom. The molecule has 0 saturated heterocycles. The SMILES string of the molecule is CCCC(C)C(=O)Nc1ccc(CC(CN(CCN(CC(=O)O)CC(=O)O)CC(=O)O)N(CC(=O)O)CC(=O)O)cc1. The van der Waals surface area contributed by atoms with Crippen molar-refractivity contribution in [2.75, 3.05) is 57.7 Å². The molecule has 2 unspecified atom stereocenters. The lowest BCUT2D eigenvalue weighted by Crippen LogP contribution is -2.51. The van der Waals surface area contributed by atoms with Gasteiger partial charge in [0.15, 0.2) is 0 Å². The molecule has 0 aliphatic carbocycles. The van der Waals surface area contributed by atoms with Gasteiger partial charge in [0.1, 0.15) is 0 Å². The third-order valence-electron chi connectivity index (χ3n) is 6.33. The highest BCUT2D eigenvalue weighted by atomic mass is 16.4. The molecule has 2 atom stereocenters. The van der Waals surface area contributed by atoms with Crippen LogP contribution in [0.3, 0.4) is 0 Å². The summed E-state index contributed by atoms with van der Waals surface area (Å²) < 4.78 is 0. The van der Waals surface area contributed by atoms with Crippen LogP contribution in [-0.2, 0) is 35.2 Å². The first-order valence-electron chi connectivity index (χ1n) is 13.4. The Hall–Kier alpha value is -4.08. The zero-order valence-corrected chi connectivity index (χ0v) is 23.8. The van der Waals surface area contributed by atoms with Gasteiger partial charge in [-0.05, 0) is 30.5 Å². The molecule has 0 aromatic heterocycles. The van der Waals surface area contributed by atoms with Crippen LogP contribution >= 0.6 is 0 Å². The second-order valence-corrected chi connectivity index (χ2v) is 10.1. The van der Waals surface area contributed by atoms with Gasteiger partial charge in [0.25, 0.3) is 0 Å². The third-order valence-corrected chi connectivity index (χ3v) is 6.33. The molecule has 42 heavy (non-hydrogen) atoms. The molecule has 0 saturated carbocycles. The first kappa shape index (κ1) is 35.9. The fraction of sp³-hybridized carbons (Fsp3) is 0.556. The summed E-state index contributed by atoms with van der Waals surface area (Å²) in [7, 11) is 0. The van der Waals surface area contributed by atoms with Crippen molar-refractivity contribution in [2.45, 2.75) is 39.2 Å². The molecule has 15 nitrogen and oxygen atoms in total. The van der Waals surface area contributed by atoms with E-state index in [4.69, 9.17) is 10.2 Å². The molecule has 0 spiro atoms. The minimum Gasteiger partial charge on any atom is -0.480 e. The minimum absolute atomic E-state index is 0.0851. The van der Waals surface area contributed by atoms with Crippen molar-refractivity contribution in [1.82, 2.24) is 14.7 Å². The molecule has 15 heteroatoms. The molecule has 0 aliphatic heterocycles. The molecule has 1 aromatic rings. The van der Waals surface area contributed by atoms with Crippen LogP contribution in [0.4, 0.5) is 5.69 Å². The first-order valence-corrected chi connectivity index (χ1v) is 13.4. The number of amides is 1. The van der Waals surface area contributed by atoms with Gasteiger partial charge in [-0.15, -0.1) is 0 Å². The number of rotatable bonds is 22. The van der Waals surface area contributed by atoms with Crippen molar-refractivity contribution in [3.63, 3.8) is 0 Å². The maximum Gasteiger partial charge on any atom is 0.317 e. The average molecular weight is 597 g/mol. The van der Waals surface area contributed by atoms with Crippen molar-refractivity contribution in [3.05, 3.63) is 29.8 Å². The number of carboxylic acid groups (broad SMARTS) is 5. The summed E-state index contributed by atoms with van der Waals surface area (Å²) in [6.45, 7) is 0.445. The van der Waals surface area contributed by atoms with Crippen LogP contribution in [0.25, 0.3) is 0 Å². The Kier molecular flexibility index (Phi) is 15.7. The Morgan fingerprint density at radius 1 is 0.714 bits per heavy atom. The van der Waals surface area contributed by atoms with Crippen molar-refractivity contribution in [1.29, 1.82) is 0 Å². The number of anilines is 1. The summed E-state index contributed by atoms with van der Waals surface area (Å²) in [5.74, 6) is -6.68. The molecule has 0 bridgehead atoms. The van der Waals surface area contributed by atoms with Crippen molar-refractivity contribution in [2.24, 2.45) is 5.92 Å². The van der Waals surface area contributed by atoms with Gasteiger partial charge >= 0.3 is 29.8 Å². The minimum atomic E-state index is -1.29. The van der Waals surface area contributed by atoms with Crippen LogP contribution in [0.1, 0.15) is 32.3 Å². The third kappa shape index (κ3) is 15.1. The maximum absolute atomic E-state index is 12.3. The van der Waals surface area contributed by atoms with E-state index in [9.17, 15) is 44.1 Å². The molecular weight excluding hydrogens is 556 g/mol. The highest BCUT2D eigenvalue weighted by Crippen LogP contribution is 2.17. The van der Waals surface area contributed by atoms with E-state index in [0.29, 0.717) is 11.3 Å². The molecule has 1 rings (SSSR count). The predicted octanol–water partition coefficient (Wildman–Crippen LogP) is 0.301. The fourth-order valence-corrected chi connectivity index (χ4v) is 4.40. The zero-order valence-electron chi connectivity index (χ0n) is 23.8. The zero-order chi connectivity index (χ0) is 31.8. The van der Waals surface area contributed by atoms with E-state index in [1.54, 1.807) is 24.3 Å². The summed E-state index contributed by atoms with van der Waals surface area (Å²) >= 11 is 0.